The number of halogens is 1. The van der Waals surface area contributed by atoms with Gasteiger partial charge in [-0.15, -0.1) is 0 Å². The summed E-state index contributed by atoms with van der Waals surface area (Å²) in [4.78, 5) is 27.9. The largest absolute Gasteiger partial charge is 0.493 e. The number of methoxy groups -OCH3 is 2. The first-order valence-corrected chi connectivity index (χ1v) is 12.1. The second kappa shape index (κ2) is 12.9. The van der Waals surface area contributed by atoms with Crippen LogP contribution in [0, 0.1) is 5.82 Å². The monoisotopic (exact) mass is 482 g/mol. The third kappa shape index (κ3) is 7.57. The smallest absolute Gasteiger partial charge is 0.242 e. The van der Waals surface area contributed by atoms with Crippen LogP contribution in [0.5, 0.6) is 11.5 Å². The van der Waals surface area contributed by atoms with Crippen LogP contribution >= 0.6 is 0 Å². The van der Waals surface area contributed by atoms with Gasteiger partial charge in [-0.1, -0.05) is 29.8 Å². The van der Waals surface area contributed by atoms with Crippen LogP contribution in [0.25, 0.3) is 0 Å². The minimum Gasteiger partial charge on any atom is -0.493 e. The fourth-order valence-electron chi connectivity index (χ4n) is 4.26. The number of carbonyl (C=O) groups excluding carboxylic acids is 2. The van der Waals surface area contributed by atoms with E-state index in [1.54, 1.807) is 56.4 Å². The van der Waals surface area contributed by atoms with Crippen LogP contribution in [0.15, 0.2) is 54.1 Å². The fourth-order valence-corrected chi connectivity index (χ4v) is 4.26. The fraction of sp³-hybridized carbons (Fsp3) is 0.429. The summed E-state index contributed by atoms with van der Waals surface area (Å²) in [7, 11) is 3.10. The Morgan fingerprint density at radius 3 is 2.40 bits per heavy atom. The van der Waals surface area contributed by atoms with Gasteiger partial charge in [-0.2, -0.15) is 0 Å². The average Bonchev–Trinajstić information content (AvgIpc) is 2.88. The van der Waals surface area contributed by atoms with E-state index in [4.69, 9.17) is 9.47 Å². The topological polar surface area (TPSA) is 67.9 Å². The molecule has 2 aromatic rings. The molecule has 0 fully saturated rings. The van der Waals surface area contributed by atoms with Gasteiger partial charge in [0.05, 0.1) is 20.6 Å². The molecule has 0 saturated carbocycles. The van der Waals surface area contributed by atoms with Gasteiger partial charge in [-0.3, -0.25) is 9.59 Å². The van der Waals surface area contributed by atoms with Crippen molar-refractivity contribution >= 4 is 11.8 Å². The van der Waals surface area contributed by atoms with Crippen LogP contribution < -0.4 is 14.8 Å². The van der Waals surface area contributed by atoms with Crippen molar-refractivity contribution in [2.24, 2.45) is 0 Å². The van der Waals surface area contributed by atoms with Gasteiger partial charge < -0.3 is 19.7 Å². The van der Waals surface area contributed by atoms with Gasteiger partial charge in [0, 0.05) is 13.1 Å². The van der Waals surface area contributed by atoms with Gasteiger partial charge in [0.25, 0.3) is 0 Å². The Morgan fingerprint density at radius 2 is 1.74 bits per heavy atom. The molecular formula is C28H35FN2O4. The maximum atomic E-state index is 13.4. The minimum absolute atomic E-state index is 0.0893. The highest BCUT2D eigenvalue weighted by Gasteiger charge is 2.26. The van der Waals surface area contributed by atoms with E-state index in [1.807, 2.05) is 0 Å². The molecule has 1 atom stereocenters. The number of rotatable bonds is 11. The van der Waals surface area contributed by atoms with Crippen molar-refractivity contribution in [1.82, 2.24) is 10.2 Å². The van der Waals surface area contributed by atoms with Crippen LogP contribution in [0.1, 0.15) is 50.2 Å². The lowest BCUT2D eigenvalue weighted by Gasteiger charge is -2.29. The standard InChI is InChI=1S/C28H35FN2O4/c1-20(28(33)30-16-15-21-7-5-4-6-8-21)31(19-22-9-12-24(29)13-10-22)27(32)18-23-11-14-25(34-2)26(17-23)35-3/h7,9-14,17,20H,4-6,8,15-16,18-19H2,1-3H3,(H,30,33). The van der Waals surface area contributed by atoms with Crippen LogP contribution in [-0.4, -0.2) is 43.5 Å². The predicted octanol–water partition coefficient (Wildman–Crippen LogP) is 4.81. The number of nitrogens with one attached hydrogen (secondary N) is 1. The van der Waals surface area contributed by atoms with E-state index in [0.717, 1.165) is 30.4 Å². The Morgan fingerprint density at radius 1 is 1.03 bits per heavy atom. The Kier molecular flexibility index (Phi) is 9.70. The predicted molar refractivity (Wildman–Crippen MR) is 134 cm³/mol. The van der Waals surface area contributed by atoms with E-state index < -0.39 is 6.04 Å². The molecule has 2 amide bonds. The molecule has 7 heteroatoms. The first kappa shape index (κ1) is 26.3. The van der Waals surface area contributed by atoms with Gasteiger partial charge in [-0.25, -0.2) is 4.39 Å². The van der Waals surface area contributed by atoms with Crippen molar-refractivity contribution in [1.29, 1.82) is 0 Å². The van der Waals surface area contributed by atoms with Crippen LogP contribution in [-0.2, 0) is 22.6 Å². The number of allylic oxidation sites excluding steroid dienone is 1. The number of ether oxygens (including phenoxy) is 2. The first-order chi connectivity index (χ1) is 16.9. The van der Waals surface area contributed by atoms with Gasteiger partial charge >= 0.3 is 0 Å². The molecule has 3 rings (SSSR count). The third-order valence-corrected chi connectivity index (χ3v) is 6.37. The summed E-state index contributed by atoms with van der Waals surface area (Å²) < 4.78 is 24.0. The molecule has 0 aromatic heterocycles. The quantitative estimate of drug-likeness (QED) is 0.467. The number of hydrogen-bond donors (Lipinski definition) is 1. The Labute approximate surface area is 207 Å². The zero-order valence-electron chi connectivity index (χ0n) is 20.8. The Balaban J connectivity index is 1.71. The molecule has 1 aliphatic carbocycles. The Bertz CT molecular complexity index is 1040. The molecule has 0 bridgehead atoms. The molecule has 0 saturated heterocycles. The van der Waals surface area contributed by atoms with Gasteiger partial charge in [0.2, 0.25) is 11.8 Å². The van der Waals surface area contributed by atoms with Crippen molar-refractivity contribution in [2.45, 2.75) is 58.0 Å². The molecule has 1 N–H and O–H groups in total. The molecule has 1 unspecified atom stereocenters. The summed E-state index contributed by atoms with van der Waals surface area (Å²) in [6.45, 7) is 2.47. The summed E-state index contributed by atoms with van der Waals surface area (Å²) in [6, 6.07) is 10.6. The second-order valence-corrected chi connectivity index (χ2v) is 8.84. The van der Waals surface area contributed by atoms with Crippen molar-refractivity contribution in [3.63, 3.8) is 0 Å². The lowest BCUT2D eigenvalue weighted by Crippen LogP contribution is -2.48. The van der Waals surface area contributed by atoms with Crippen LogP contribution in [0.2, 0.25) is 0 Å². The lowest BCUT2D eigenvalue weighted by molar-refractivity contribution is -0.140. The summed E-state index contributed by atoms with van der Waals surface area (Å²) in [6.07, 6.45) is 7.82. The highest BCUT2D eigenvalue weighted by molar-refractivity contribution is 5.88. The van der Waals surface area contributed by atoms with Crippen molar-refractivity contribution in [3.05, 3.63) is 71.1 Å². The molecule has 188 valence electrons. The minimum atomic E-state index is -0.687. The van der Waals surface area contributed by atoms with Crippen molar-refractivity contribution < 1.29 is 23.5 Å². The first-order valence-electron chi connectivity index (χ1n) is 12.1. The van der Waals surface area contributed by atoms with Crippen LogP contribution in [0.3, 0.4) is 0 Å². The number of nitrogens with zero attached hydrogens (tertiary/aromatic N) is 1. The van der Waals surface area contributed by atoms with E-state index in [-0.39, 0.29) is 30.6 Å². The molecule has 1 aliphatic rings. The summed E-state index contributed by atoms with van der Waals surface area (Å²) >= 11 is 0. The second-order valence-electron chi connectivity index (χ2n) is 8.84. The highest BCUT2D eigenvalue weighted by atomic mass is 19.1. The molecule has 0 aliphatic heterocycles. The normalized spacial score (nSPS) is 14.0. The average molecular weight is 483 g/mol. The van der Waals surface area contributed by atoms with Crippen molar-refractivity contribution in [2.75, 3.05) is 20.8 Å². The SMILES string of the molecule is COc1ccc(CC(=O)N(Cc2ccc(F)cc2)C(C)C(=O)NCCC2=CCCCC2)cc1OC. The summed E-state index contributed by atoms with van der Waals surface area (Å²) in [5, 5.41) is 2.99. The molecule has 6 nitrogen and oxygen atoms in total. The van der Waals surface area contributed by atoms with Gasteiger partial charge in [0.1, 0.15) is 11.9 Å². The molecule has 0 spiro atoms. The van der Waals surface area contributed by atoms with E-state index >= 15 is 0 Å². The number of benzene rings is 2. The maximum absolute atomic E-state index is 13.4. The van der Waals surface area contributed by atoms with E-state index in [0.29, 0.717) is 18.0 Å². The molecule has 0 heterocycles. The third-order valence-electron chi connectivity index (χ3n) is 6.37. The summed E-state index contributed by atoms with van der Waals surface area (Å²) in [5.41, 5.74) is 2.88. The lowest BCUT2D eigenvalue weighted by atomic mass is 9.97. The number of hydrogen-bond acceptors (Lipinski definition) is 4. The number of carbonyl (C=O) groups is 2. The molecule has 2 aromatic carbocycles. The van der Waals surface area contributed by atoms with Crippen LogP contribution in [0.4, 0.5) is 4.39 Å². The zero-order valence-corrected chi connectivity index (χ0v) is 20.8. The van der Waals surface area contributed by atoms with Gasteiger partial charge in [-0.05, 0) is 74.4 Å². The summed E-state index contributed by atoms with van der Waals surface area (Å²) in [5.74, 6) is 0.349. The molecule has 0 radical (unpaired) electrons. The van der Waals surface area contributed by atoms with Gasteiger partial charge in [0.15, 0.2) is 11.5 Å². The highest BCUT2D eigenvalue weighted by Crippen LogP contribution is 2.28. The number of amides is 2. The van der Waals surface area contributed by atoms with Crippen molar-refractivity contribution in [3.8, 4) is 11.5 Å². The molecule has 35 heavy (non-hydrogen) atoms. The van der Waals surface area contributed by atoms with E-state index in [9.17, 15) is 14.0 Å². The van der Waals surface area contributed by atoms with E-state index in [1.165, 1.54) is 30.5 Å². The Hall–Kier alpha value is -3.35. The maximum Gasteiger partial charge on any atom is 0.242 e. The van der Waals surface area contributed by atoms with E-state index in [2.05, 4.69) is 11.4 Å². The zero-order chi connectivity index (χ0) is 25.2. The molecular weight excluding hydrogens is 447 g/mol.